The third-order valence-electron chi connectivity index (χ3n) is 5.07. The minimum Gasteiger partial charge on any atom is -0.493 e. The number of piperazine rings is 1. The van der Waals surface area contributed by atoms with Gasteiger partial charge in [0.15, 0.2) is 11.5 Å². The highest BCUT2D eigenvalue weighted by atomic mass is 32.1. The Morgan fingerprint density at radius 1 is 1.00 bits per heavy atom. The molecule has 0 amide bonds. The van der Waals surface area contributed by atoms with Gasteiger partial charge in [-0.05, 0) is 34.7 Å². The van der Waals surface area contributed by atoms with E-state index in [-0.39, 0.29) is 6.04 Å². The molecule has 0 bridgehead atoms. The van der Waals surface area contributed by atoms with Crippen LogP contribution in [-0.2, 0) is 6.61 Å². The Morgan fingerprint density at radius 3 is 2.54 bits per heavy atom. The Morgan fingerprint density at radius 2 is 1.82 bits per heavy atom. The summed E-state index contributed by atoms with van der Waals surface area (Å²) >= 11 is 1.81. The summed E-state index contributed by atoms with van der Waals surface area (Å²) in [5, 5.41) is 5.61. The Bertz CT molecular complexity index is 862. The zero-order valence-corrected chi connectivity index (χ0v) is 17.0. The fourth-order valence-corrected chi connectivity index (χ4v) is 4.54. The highest BCUT2D eigenvalue weighted by molar-refractivity contribution is 7.10. The molecule has 1 saturated heterocycles. The van der Waals surface area contributed by atoms with Gasteiger partial charge >= 0.3 is 0 Å². The molecule has 1 fully saturated rings. The van der Waals surface area contributed by atoms with Gasteiger partial charge < -0.3 is 14.8 Å². The van der Waals surface area contributed by atoms with Gasteiger partial charge in [-0.15, -0.1) is 11.3 Å². The molecule has 146 valence electrons. The summed E-state index contributed by atoms with van der Waals surface area (Å²) in [6.07, 6.45) is 0. The molecule has 3 aromatic rings. The van der Waals surface area contributed by atoms with Crippen LogP contribution in [0.2, 0.25) is 0 Å². The molecule has 5 heteroatoms. The summed E-state index contributed by atoms with van der Waals surface area (Å²) in [4.78, 5) is 3.91. The average Bonchev–Trinajstić information content (AvgIpc) is 3.28. The second-order valence-corrected chi connectivity index (χ2v) is 7.87. The molecule has 0 aliphatic carbocycles. The topological polar surface area (TPSA) is 33.7 Å². The van der Waals surface area contributed by atoms with Crippen LogP contribution in [0.1, 0.15) is 22.0 Å². The summed E-state index contributed by atoms with van der Waals surface area (Å²) in [7, 11) is 1.69. The van der Waals surface area contributed by atoms with E-state index in [0.717, 1.165) is 43.2 Å². The van der Waals surface area contributed by atoms with E-state index < -0.39 is 0 Å². The lowest BCUT2D eigenvalue weighted by Gasteiger charge is -2.35. The SMILES string of the molecule is COc1ccc([C@H](c2cccs2)N2CCNCC2)cc1OCc1ccccc1. The molecule has 0 unspecified atom stereocenters. The van der Waals surface area contributed by atoms with Gasteiger partial charge in [0, 0.05) is 31.1 Å². The molecule has 2 heterocycles. The Labute approximate surface area is 170 Å². The fourth-order valence-electron chi connectivity index (χ4n) is 3.65. The van der Waals surface area contributed by atoms with Crippen LogP contribution < -0.4 is 14.8 Å². The lowest BCUT2D eigenvalue weighted by atomic mass is 10.0. The third kappa shape index (κ3) is 4.38. The number of hydrogen-bond acceptors (Lipinski definition) is 5. The molecule has 1 aliphatic rings. The molecule has 1 aromatic heterocycles. The molecule has 0 radical (unpaired) electrons. The first-order valence-electron chi connectivity index (χ1n) is 9.68. The van der Waals surface area contributed by atoms with Crippen LogP contribution in [0.25, 0.3) is 0 Å². The average molecular weight is 395 g/mol. The van der Waals surface area contributed by atoms with Crippen molar-refractivity contribution >= 4 is 11.3 Å². The van der Waals surface area contributed by atoms with Crippen LogP contribution in [-0.4, -0.2) is 38.2 Å². The van der Waals surface area contributed by atoms with Gasteiger partial charge in [0.05, 0.1) is 13.2 Å². The quantitative estimate of drug-likeness (QED) is 0.647. The van der Waals surface area contributed by atoms with Gasteiger partial charge in [-0.3, -0.25) is 4.90 Å². The van der Waals surface area contributed by atoms with Crippen molar-refractivity contribution in [3.8, 4) is 11.5 Å². The lowest BCUT2D eigenvalue weighted by molar-refractivity contribution is 0.200. The maximum absolute atomic E-state index is 6.16. The Hall–Kier alpha value is -2.34. The molecule has 4 nitrogen and oxygen atoms in total. The van der Waals surface area contributed by atoms with Crippen molar-refractivity contribution in [3.05, 3.63) is 82.0 Å². The third-order valence-corrected chi connectivity index (χ3v) is 5.99. The van der Waals surface area contributed by atoms with E-state index in [4.69, 9.17) is 9.47 Å². The number of benzene rings is 2. The number of methoxy groups -OCH3 is 1. The molecule has 1 aliphatic heterocycles. The first kappa shape index (κ1) is 19.0. The van der Waals surface area contributed by atoms with E-state index in [2.05, 4.69) is 52.0 Å². The van der Waals surface area contributed by atoms with Crippen LogP contribution in [0.4, 0.5) is 0 Å². The van der Waals surface area contributed by atoms with E-state index in [1.807, 2.05) is 35.6 Å². The molecule has 4 rings (SSSR count). The summed E-state index contributed by atoms with van der Waals surface area (Å²) < 4.78 is 11.7. The fraction of sp³-hybridized carbons (Fsp3) is 0.304. The van der Waals surface area contributed by atoms with Gasteiger partial charge in [0.1, 0.15) is 6.61 Å². The van der Waals surface area contributed by atoms with Gasteiger partial charge in [-0.25, -0.2) is 0 Å². The van der Waals surface area contributed by atoms with Crippen LogP contribution in [0.15, 0.2) is 66.0 Å². The normalized spacial score (nSPS) is 15.9. The van der Waals surface area contributed by atoms with Crippen molar-refractivity contribution in [1.29, 1.82) is 0 Å². The Balaban J connectivity index is 1.63. The van der Waals surface area contributed by atoms with E-state index in [9.17, 15) is 0 Å². The smallest absolute Gasteiger partial charge is 0.162 e. The molecular weight excluding hydrogens is 368 g/mol. The van der Waals surface area contributed by atoms with E-state index >= 15 is 0 Å². The molecule has 1 atom stereocenters. The zero-order valence-electron chi connectivity index (χ0n) is 16.1. The van der Waals surface area contributed by atoms with Gasteiger partial charge in [-0.2, -0.15) is 0 Å². The van der Waals surface area contributed by atoms with Crippen molar-refractivity contribution < 1.29 is 9.47 Å². The van der Waals surface area contributed by atoms with Gasteiger partial charge in [-0.1, -0.05) is 42.5 Å². The van der Waals surface area contributed by atoms with Gasteiger partial charge in [0.2, 0.25) is 0 Å². The monoisotopic (exact) mass is 394 g/mol. The minimum absolute atomic E-state index is 0.243. The maximum Gasteiger partial charge on any atom is 0.162 e. The lowest BCUT2D eigenvalue weighted by Crippen LogP contribution is -2.45. The molecule has 0 saturated carbocycles. The van der Waals surface area contributed by atoms with Crippen LogP contribution >= 0.6 is 11.3 Å². The number of hydrogen-bond donors (Lipinski definition) is 1. The Kier molecular flexibility index (Phi) is 6.27. The molecule has 0 spiro atoms. The van der Waals surface area contributed by atoms with Crippen molar-refractivity contribution in [3.63, 3.8) is 0 Å². The predicted molar refractivity (Wildman–Crippen MR) is 114 cm³/mol. The number of nitrogens with one attached hydrogen (secondary N) is 1. The first-order chi connectivity index (χ1) is 13.8. The second kappa shape index (κ2) is 9.24. The molecular formula is C23H26N2O2S. The number of rotatable bonds is 7. The van der Waals surface area contributed by atoms with Crippen molar-refractivity contribution in [2.45, 2.75) is 12.6 Å². The summed E-state index contributed by atoms with van der Waals surface area (Å²) in [5.41, 5.74) is 2.39. The van der Waals surface area contributed by atoms with E-state index in [1.54, 1.807) is 7.11 Å². The van der Waals surface area contributed by atoms with Gasteiger partial charge in [0.25, 0.3) is 0 Å². The van der Waals surface area contributed by atoms with Crippen LogP contribution in [0.5, 0.6) is 11.5 Å². The van der Waals surface area contributed by atoms with E-state index in [0.29, 0.717) is 6.61 Å². The standard InChI is InChI=1S/C23H26N2O2S/c1-26-20-10-9-19(16-21(20)27-17-18-6-3-2-4-7-18)23(22-8-5-15-28-22)25-13-11-24-12-14-25/h2-10,15-16,23-24H,11-14,17H2,1H3/t23-/m1/s1. The van der Waals surface area contributed by atoms with E-state index in [1.165, 1.54) is 10.4 Å². The highest BCUT2D eigenvalue weighted by Crippen LogP contribution is 2.37. The zero-order chi connectivity index (χ0) is 19.2. The predicted octanol–water partition coefficient (Wildman–Crippen LogP) is 4.33. The highest BCUT2D eigenvalue weighted by Gasteiger charge is 2.25. The van der Waals surface area contributed by atoms with Crippen molar-refractivity contribution in [1.82, 2.24) is 10.2 Å². The summed E-state index contributed by atoms with van der Waals surface area (Å²) in [6.45, 7) is 4.65. The van der Waals surface area contributed by atoms with Crippen molar-refractivity contribution in [2.24, 2.45) is 0 Å². The number of nitrogens with zero attached hydrogens (tertiary/aromatic N) is 1. The number of ether oxygens (including phenoxy) is 2. The maximum atomic E-state index is 6.16. The molecule has 2 aromatic carbocycles. The second-order valence-electron chi connectivity index (χ2n) is 6.89. The molecule has 1 N–H and O–H groups in total. The first-order valence-corrected chi connectivity index (χ1v) is 10.6. The van der Waals surface area contributed by atoms with Crippen LogP contribution in [0, 0.1) is 0 Å². The van der Waals surface area contributed by atoms with Crippen LogP contribution in [0.3, 0.4) is 0 Å². The largest absolute Gasteiger partial charge is 0.493 e. The minimum atomic E-state index is 0.243. The molecule has 28 heavy (non-hydrogen) atoms. The van der Waals surface area contributed by atoms with Crippen molar-refractivity contribution in [2.75, 3.05) is 33.3 Å². The summed E-state index contributed by atoms with van der Waals surface area (Å²) in [6, 6.07) is 21.2. The number of thiophene rings is 1. The summed E-state index contributed by atoms with van der Waals surface area (Å²) in [5.74, 6) is 1.56.